The van der Waals surface area contributed by atoms with Crippen LogP contribution in [0.1, 0.15) is 30.4 Å². The minimum absolute atomic E-state index is 0.639. The van der Waals surface area contributed by atoms with E-state index in [9.17, 15) is 0 Å². The zero-order valence-electron chi connectivity index (χ0n) is 11.6. The molecule has 19 heavy (non-hydrogen) atoms. The number of nitrogens with two attached hydrogens (primary N) is 1. The summed E-state index contributed by atoms with van der Waals surface area (Å²) < 4.78 is 0. The van der Waals surface area contributed by atoms with Crippen molar-refractivity contribution in [1.82, 2.24) is 15.0 Å². The molecule has 0 amide bonds. The van der Waals surface area contributed by atoms with E-state index in [1.807, 2.05) is 32.0 Å². The smallest absolute Gasteiger partial charge is 0.161 e. The molecule has 5 heteroatoms. The van der Waals surface area contributed by atoms with Crippen LogP contribution < -0.4 is 11.3 Å². The first-order chi connectivity index (χ1) is 9.12. The standard InChI is InChI=1S/C14H19N5/c1-4-5-12-8-13(19-15)18-14(17-12)11-6-9(2)16-10(3)7-11/h6-8H,4-5,15H2,1-3H3,(H,17,18,19). The Morgan fingerprint density at radius 1 is 1.05 bits per heavy atom. The third kappa shape index (κ3) is 3.26. The molecule has 2 rings (SSSR count). The van der Waals surface area contributed by atoms with Gasteiger partial charge >= 0.3 is 0 Å². The van der Waals surface area contributed by atoms with Crippen LogP contribution in [0.25, 0.3) is 11.4 Å². The normalized spacial score (nSPS) is 10.5. The van der Waals surface area contributed by atoms with Gasteiger partial charge in [0.1, 0.15) is 5.82 Å². The van der Waals surface area contributed by atoms with Gasteiger partial charge in [-0.2, -0.15) is 0 Å². The highest BCUT2D eigenvalue weighted by Gasteiger charge is 2.07. The van der Waals surface area contributed by atoms with Crippen LogP contribution in [-0.2, 0) is 6.42 Å². The molecule has 0 radical (unpaired) electrons. The highest BCUT2D eigenvalue weighted by atomic mass is 15.3. The summed E-state index contributed by atoms with van der Waals surface area (Å²) in [7, 11) is 0. The first-order valence-electron chi connectivity index (χ1n) is 6.42. The third-order valence-corrected chi connectivity index (χ3v) is 2.77. The maximum Gasteiger partial charge on any atom is 0.161 e. The van der Waals surface area contributed by atoms with Gasteiger partial charge in [0, 0.05) is 28.7 Å². The average Bonchev–Trinajstić information content (AvgIpc) is 2.37. The molecular weight excluding hydrogens is 238 g/mol. The van der Waals surface area contributed by atoms with E-state index in [0.717, 1.165) is 35.5 Å². The Bertz CT molecular complexity index is 560. The van der Waals surface area contributed by atoms with Crippen molar-refractivity contribution in [3.05, 3.63) is 35.3 Å². The van der Waals surface area contributed by atoms with Gasteiger partial charge in [-0.25, -0.2) is 15.8 Å². The van der Waals surface area contributed by atoms with E-state index in [4.69, 9.17) is 5.84 Å². The van der Waals surface area contributed by atoms with E-state index < -0.39 is 0 Å². The first kappa shape index (κ1) is 13.4. The van der Waals surface area contributed by atoms with Gasteiger partial charge in [0.2, 0.25) is 0 Å². The largest absolute Gasteiger partial charge is 0.308 e. The van der Waals surface area contributed by atoms with Crippen LogP contribution in [0.5, 0.6) is 0 Å². The van der Waals surface area contributed by atoms with Crippen LogP contribution in [0.4, 0.5) is 5.82 Å². The number of hydrogen-bond donors (Lipinski definition) is 2. The lowest BCUT2D eigenvalue weighted by atomic mass is 10.1. The predicted octanol–water partition coefficient (Wildman–Crippen LogP) is 2.39. The number of anilines is 1. The van der Waals surface area contributed by atoms with E-state index in [2.05, 4.69) is 27.3 Å². The van der Waals surface area contributed by atoms with Gasteiger partial charge in [0.15, 0.2) is 5.82 Å². The fraction of sp³-hybridized carbons (Fsp3) is 0.357. The predicted molar refractivity (Wildman–Crippen MR) is 76.5 cm³/mol. The first-order valence-corrected chi connectivity index (χ1v) is 6.42. The summed E-state index contributed by atoms with van der Waals surface area (Å²) in [6.45, 7) is 6.06. The number of hydrazine groups is 1. The van der Waals surface area contributed by atoms with Gasteiger partial charge in [-0.05, 0) is 32.4 Å². The minimum Gasteiger partial charge on any atom is -0.308 e. The number of rotatable bonds is 4. The molecule has 2 heterocycles. The second-order valence-corrected chi connectivity index (χ2v) is 4.60. The number of nitrogens with zero attached hydrogens (tertiary/aromatic N) is 3. The van der Waals surface area contributed by atoms with Crippen LogP contribution in [0.3, 0.4) is 0 Å². The van der Waals surface area contributed by atoms with Crippen molar-refractivity contribution in [2.75, 3.05) is 5.43 Å². The number of nitrogens with one attached hydrogen (secondary N) is 1. The molecule has 2 aromatic rings. The summed E-state index contributed by atoms with van der Waals surface area (Å²) in [5.74, 6) is 6.80. The van der Waals surface area contributed by atoms with Crippen molar-refractivity contribution >= 4 is 5.82 Å². The molecule has 0 aliphatic rings. The highest BCUT2D eigenvalue weighted by Crippen LogP contribution is 2.19. The molecule has 5 nitrogen and oxygen atoms in total. The summed E-state index contributed by atoms with van der Waals surface area (Å²) in [6.07, 6.45) is 1.95. The zero-order chi connectivity index (χ0) is 13.8. The number of nitrogen functional groups attached to an aromatic ring is 1. The SMILES string of the molecule is CCCc1cc(NN)nc(-c2cc(C)nc(C)c2)n1. The van der Waals surface area contributed by atoms with Crippen LogP contribution >= 0.6 is 0 Å². The van der Waals surface area contributed by atoms with Crippen LogP contribution in [0, 0.1) is 13.8 Å². The van der Waals surface area contributed by atoms with Crippen molar-refractivity contribution in [3.63, 3.8) is 0 Å². The molecule has 100 valence electrons. The quantitative estimate of drug-likeness (QED) is 0.649. The molecule has 0 bridgehead atoms. The Labute approximate surface area is 113 Å². The van der Waals surface area contributed by atoms with E-state index in [0.29, 0.717) is 11.6 Å². The van der Waals surface area contributed by atoms with Gasteiger partial charge < -0.3 is 5.43 Å². The number of hydrogen-bond acceptors (Lipinski definition) is 5. The van der Waals surface area contributed by atoms with Crippen LogP contribution in [0.15, 0.2) is 18.2 Å². The molecule has 0 atom stereocenters. The Balaban J connectivity index is 2.50. The molecular formula is C14H19N5. The molecule has 0 spiro atoms. The highest BCUT2D eigenvalue weighted by molar-refractivity contribution is 5.58. The molecule has 0 aliphatic heterocycles. The van der Waals surface area contributed by atoms with E-state index in [1.165, 1.54) is 0 Å². The molecule has 0 aromatic carbocycles. The maximum absolute atomic E-state index is 5.47. The molecule has 0 saturated heterocycles. The molecule has 3 N–H and O–H groups in total. The number of pyridine rings is 1. The van der Waals surface area contributed by atoms with Crippen molar-refractivity contribution in [1.29, 1.82) is 0 Å². The third-order valence-electron chi connectivity index (χ3n) is 2.77. The van der Waals surface area contributed by atoms with Crippen LogP contribution in [0.2, 0.25) is 0 Å². The van der Waals surface area contributed by atoms with E-state index >= 15 is 0 Å². The van der Waals surface area contributed by atoms with Crippen molar-refractivity contribution < 1.29 is 0 Å². The van der Waals surface area contributed by atoms with Crippen LogP contribution in [-0.4, -0.2) is 15.0 Å². The summed E-state index contributed by atoms with van der Waals surface area (Å²) in [4.78, 5) is 13.4. The summed E-state index contributed by atoms with van der Waals surface area (Å²) >= 11 is 0. The Morgan fingerprint density at radius 3 is 2.32 bits per heavy atom. The van der Waals surface area contributed by atoms with Gasteiger partial charge in [-0.1, -0.05) is 13.3 Å². The topological polar surface area (TPSA) is 76.7 Å². The molecule has 0 saturated carbocycles. The minimum atomic E-state index is 0.639. The van der Waals surface area contributed by atoms with Crippen molar-refractivity contribution in [2.24, 2.45) is 5.84 Å². The van der Waals surface area contributed by atoms with Gasteiger partial charge in [0.05, 0.1) is 0 Å². The zero-order valence-corrected chi connectivity index (χ0v) is 11.6. The Morgan fingerprint density at radius 2 is 1.74 bits per heavy atom. The van der Waals surface area contributed by atoms with Crippen molar-refractivity contribution in [2.45, 2.75) is 33.6 Å². The van der Waals surface area contributed by atoms with Crippen molar-refractivity contribution in [3.8, 4) is 11.4 Å². The summed E-state index contributed by atoms with van der Waals surface area (Å²) in [5.41, 5.74) is 6.48. The lowest BCUT2D eigenvalue weighted by Gasteiger charge is -2.08. The second kappa shape index (κ2) is 5.75. The molecule has 0 fully saturated rings. The second-order valence-electron chi connectivity index (χ2n) is 4.60. The fourth-order valence-electron chi connectivity index (χ4n) is 2.05. The van der Waals surface area contributed by atoms with E-state index in [1.54, 1.807) is 0 Å². The average molecular weight is 257 g/mol. The Kier molecular flexibility index (Phi) is 4.06. The van der Waals surface area contributed by atoms with Gasteiger partial charge in [-0.3, -0.25) is 4.98 Å². The summed E-state index contributed by atoms with van der Waals surface area (Å²) in [5, 5.41) is 0. The fourth-order valence-corrected chi connectivity index (χ4v) is 2.05. The lowest BCUT2D eigenvalue weighted by molar-refractivity contribution is 0.875. The molecule has 0 aliphatic carbocycles. The molecule has 0 unspecified atom stereocenters. The monoisotopic (exact) mass is 257 g/mol. The number of aryl methyl sites for hydroxylation is 3. The van der Waals surface area contributed by atoms with Gasteiger partial charge in [0.25, 0.3) is 0 Å². The van der Waals surface area contributed by atoms with Gasteiger partial charge in [-0.15, -0.1) is 0 Å². The van der Waals surface area contributed by atoms with E-state index in [-0.39, 0.29) is 0 Å². The number of aromatic nitrogens is 3. The summed E-state index contributed by atoms with van der Waals surface area (Å²) in [6, 6.07) is 5.85. The maximum atomic E-state index is 5.47. The Hall–Kier alpha value is -2.01. The lowest BCUT2D eigenvalue weighted by Crippen LogP contribution is -2.10. The molecule has 2 aromatic heterocycles.